The number of nitrogens with one attached hydrogen (secondary N) is 2. The Morgan fingerprint density at radius 1 is 1.40 bits per heavy atom. The lowest BCUT2D eigenvalue weighted by Gasteiger charge is -2.04. The summed E-state index contributed by atoms with van der Waals surface area (Å²) in [6, 6.07) is 7.41. The summed E-state index contributed by atoms with van der Waals surface area (Å²) in [5, 5.41) is 11.6. The molecule has 3 aromatic rings. The van der Waals surface area contributed by atoms with Crippen LogP contribution < -0.4 is 11.1 Å². The van der Waals surface area contributed by atoms with Gasteiger partial charge in [0.05, 0.1) is 0 Å². The number of carbonyl (C=O) groups is 1. The number of carbonyl (C=O) groups excluding carboxylic acids is 1. The number of rotatable bonds is 3. The predicted octanol–water partition coefficient (Wildman–Crippen LogP) is 1.76. The zero-order valence-corrected chi connectivity index (χ0v) is 11.0. The second-order valence-corrected chi connectivity index (χ2v) is 4.81. The minimum absolute atomic E-state index is 0.0340. The fraction of sp³-hybridized carbons (Fsp3) is 0. The average Bonchev–Trinajstić information content (AvgIpc) is 3.10. The van der Waals surface area contributed by atoms with Crippen molar-refractivity contribution in [3.05, 3.63) is 41.7 Å². The van der Waals surface area contributed by atoms with Gasteiger partial charge in [-0.25, -0.2) is 4.98 Å². The highest BCUT2D eigenvalue weighted by Gasteiger charge is 2.11. The summed E-state index contributed by atoms with van der Waals surface area (Å²) < 4.78 is 0. The highest BCUT2D eigenvalue weighted by atomic mass is 32.1. The summed E-state index contributed by atoms with van der Waals surface area (Å²) in [5.74, 6) is -0.292. The standard InChI is InChI=1S/C12H10N6OS/c13-12-16-9(17-18-12)10(19)15-8-3-1-2-7(6-8)11-14-4-5-20-11/h1-6H,(H,15,19)(H3,13,16,17,18). The van der Waals surface area contributed by atoms with Crippen LogP contribution in [0.1, 0.15) is 10.6 Å². The van der Waals surface area contributed by atoms with Gasteiger partial charge in [0.2, 0.25) is 11.8 Å². The number of nitrogens with zero attached hydrogens (tertiary/aromatic N) is 3. The summed E-state index contributed by atoms with van der Waals surface area (Å²) in [7, 11) is 0. The smallest absolute Gasteiger partial charge is 0.293 e. The van der Waals surface area contributed by atoms with E-state index in [1.165, 1.54) is 11.3 Å². The van der Waals surface area contributed by atoms with Crippen molar-refractivity contribution in [2.45, 2.75) is 0 Å². The van der Waals surface area contributed by atoms with Crippen LogP contribution in [0.2, 0.25) is 0 Å². The Morgan fingerprint density at radius 3 is 3.00 bits per heavy atom. The minimum atomic E-state index is -0.398. The van der Waals surface area contributed by atoms with Gasteiger partial charge in [-0.2, -0.15) is 4.98 Å². The van der Waals surface area contributed by atoms with E-state index < -0.39 is 5.91 Å². The van der Waals surface area contributed by atoms with E-state index in [9.17, 15) is 4.79 Å². The summed E-state index contributed by atoms with van der Waals surface area (Å²) in [4.78, 5) is 19.9. The van der Waals surface area contributed by atoms with Gasteiger partial charge in [-0.1, -0.05) is 12.1 Å². The second kappa shape index (κ2) is 5.10. The van der Waals surface area contributed by atoms with E-state index in [2.05, 4.69) is 25.5 Å². The van der Waals surface area contributed by atoms with Crippen LogP contribution in [0.5, 0.6) is 0 Å². The summed E-state index contributed by atoms with van der Waals surface area (Å²) in [6.45, 7) is 0. The molecule has 8 heteroatoms. The van der Waals surface area contributed by atoms with Crippen LogP contribution in [-0.2, 0) is 0 Å². The van der Waals surface area contributed by atoms with Gasteiger partial charge in [0, 0.05) is 22.8 Å². The molecule has 2 heterocycles. The molecule has 3 rings (SSSR count). The van der Waals surface area contributed by atoms with Crippen LogP contribution in [-0.4, -0.2) is 26.1 Å². The number of hydrogen-bond acceptors (Lipinski definition) is 6. The number of nitrogens with two attached hydrogens (primary N) is 1. The molecular weight excluding hydrogens is 276 g/mol. The fourth-order valence-corrected chi connectivity index (χ4v) is 2.30. The number of H-pyrrole nitrogens is 1. The van der Waals surface area contributed by atoms with Crippen LogP contribution in [0.4, 0.5) is 11.6 Å². The van der Waals surface area contributed by atoms with Crippen LogP contribution in [0.15, 0.2) is 35.8 Å². The minimum Gasteiger partial charge on any atom is -0.366 e. The zero-order valence-electron chi connectivity index (χ0n) is 10.2. The molecule has 0 aliphatic heterocycles. The van der Waals surface area contributed by atoms with E-state index >= 15 is 0 Å². The summed E-state index contributed by atoms with van der Waals surface area (Å²) >= 11 is 1.53. The van der Waals surface area contributed by atoms with Gasteiger partial charge in [0.15, 0.2) is 0 Å². The first-order valence-electron chi connectivity index (χ1n) is 5.71. The average molecular weight is 286 g/mol. The molecule has 100 valence electrons. The number of aromatic nitrogens is 4. The number of anilines is 2. The molecule has 0 unspecified atom stereocenters. The maximum absolute atomic E-state index is 11.9. The van der Waals surface area contributed by atoms with Crippen molar-refractivity contribution in [3.8, 4) is 10.6 Å². The van der Waals surface area contributed by atoms with E-state index in [1.54, 1.807) is 12.3 Å². The molecule has 20 heavy (non-hydrogen) atoms. The Morgan fingerprint density at radius 2 is 2.30 bits per heavy atom. The van der Waals surface area contributed by atoms with Crippen molar-refractivity contribution >= 4 is 28.9 Å². The Balaban J connectivity index is 1.81. The van der Waals surface area contributed by atoms with Crippen molar-refractivity contribution in [2.75, 3.05) is 11.1 Å². The van der Waals surface area contributed by atoms with Gasteiger partial charge < -0.3 is 11.1 Å². The van der Waals surface area contributed by atoms with E-state index in [-0.39, 0.29) is 11.8 Å². The molecule has 0 aliphatic rings. The SMILES string of the molecule is Nc1n[nH]c(C(=O)Nc2cccc(-c3nccs3)c2)n1. The maximum atomic E-state index is 11.9. The number of amides is 1. The molecule has 0 saturated carbocycles. The molecule has 0 radical (unpaired) electrons. The Labute approximate surface area is 117 Å². The van der Waals surface area contributed by atoms with Gasteiger partial charge in [0.1, 0.15) is 5.01 Å². The first-order valence-corrected chi connectivity index (χ1v) is 6.59. The number of benzene rings is 1. The molecule has 2 aromatic heterocycles. The fourth-order valence-electron chi connectivity index (χ4n) is 1.66. The molecule has 0 bridgehead atoms. The number of hydrogen-bond donors (Lipinski definition) is 3. The topological polar surface area (TPSA) is 110 Å². The first-order chi connectivity index (χ1) is 9.72. The van der Waals surface area contributed by atoms with Crippen molar-refractivity contribution in [2.24, 2.45) is 0 Å². The van der Waals surface area contributed by atoms with Crippen molar-refractivity contribution in [1.29, 1.82) is 0 Å². The van der Waals surface area contributed by atoms with E-state index in [4.69, 9.17) is 5.73 Å². The molecule has 0 saturated heterocycles. The van der Waals surface area contributed by atoms with Crippen LogP contribution in [0, 0.1) is 0 Å². The van der Waals surface area contributed by atoms with Crippen LogP contribution >= 0.6 is 11.3 Å². The molecular formula is C12H10N6OS. The predicted molar refractivity (Wildman–Crippen MR) is 76.3 cm³/mol. The lowest BCUT2D eigenvalue weighted by Crippen LogP contribution is -2.13. The van der Waals surface area contributed by atoms with Crippen LogP contribution in [0.3, 0.4) is 0 Å². The third-order valence-electron chi connectivity index (χ3n) is 2.52. The largest absolute Gasteiger partial charge is 0.366 e. The van der Waals surface area contributed by atoms with Crippen molar-refractivity contribution < 1.29 is 4.79 Å². The molecule has 7 nitrogen and oxygen atoms in total. The lowest BCUT2D eigenvalue weighted by molar-refractivity contribution is 0.101. The van der Waals surface area contributed by atoms with Gasteiger partial charge in [-0.05, 0) is 12.1 Å². The van der Waals surface area contributed by atoms with Crippen molar-refractivity contribution in [3.63, 3.8) is 0 Å². The molecule has 0 fully saturated rings. The highest BCUT2D eigenvalue weighted by molar-refractivity contribution is 7.13. The number of thiazole rings is 1. The number of aromatic amines is 1. The molecule has 1 aromatic carbocycles. The second-order valence-electron chi connectivity index (χ2n) is 3.91. The molecule has 0 aliphatic carbocycles. The molecule has 4 N–H and O–H groups in total. The normalized spacial score (nSPS) is 10.4. The molecule has 0 atom stereocenters. The van der Waals surface area contributed by atoms with Gasteiger partial charge >= 0.3 is 0 Å². The van der Waals surface area contributed by atoms with E-state index in [0.29, 0.717) is 5.69 Å². The van der Waals surface area contributed by atoms with E-state index in [0.717, 1.165) is 10.6 Å². The molecule has 0 spiro atoms. The van der Waals surface area contributed by atoms with E-state index in [1.807, 2.05) is 23.6 Å². The third-order valence-corrected chi connectivity index (χ3v) is 3.34. The quantitative estimate of drug-likeness (QED) is 0.679. The van der Waals surface area contributed by atoms with Gasteiger partial charge in [0.25, 0.3) is 5.91 Å². The Bertz CT molecular complexity index is 736. The van der Waals surface area contributed by atoms with Crippen LogP contribution in [0.25, 0.3) is 10.6 Å². The zero-order chi connectivity index (χ0) is 13.9. The van der Waals surface area contributed by atoms with Gasteiger partial charge in [-0.15, -0.1) is 16.4 Å². The lowest BCUT2D eigenvalue weighted by atomic mass is 10.2. The highest BCUT2D eigenvalue weighted by Crippen LogP contribution is 2.24. The summed E-state index contributed by atoms with van der Waals surface area (Å²) in [5.41, 5.74) is 6.95. The van der Waals surface area contributed by atoms with Crippen molar-refractivity contribution in [1.82, 2.24) is 20.2 Å². The monoisotopic (exact) mass is 286 g/mol. The number of nitrogen functional groups attached to an aromatic ring is 1. The maximum Gasteiger partial charge on any atom is 0.293 e. The summed E-state index contributed by atoms with van der Waals surface area (Å²) in [6.07, 6.45) is 1.74. The van der Waals surface area contributed by atoms with Gasteiger partial charge in [-0.3, -0.25) is 9.89 Å². The first kappa shape index (κ1) is 12.3. The molecule has 1 amide bonds. The Kier molecular flexibility index (Phi) is 3.13. The third kappa shape index (κ3) is 2.50. The Hall–Kier alpha value is -2.74.